The van der Waals surface area contributed by atoms with E-state index in [0.29, 0.717) is 12.5 Å². The van der Waals surface area contributed by atoms with Crippen LogP contribution in [0.5, 0.6) is 0 Å². The first-order chi connectivity index (χ1) is 12.7. The third-order valence-electron chi connectivity index (χ3n) is 4.08. The Morgan fingerprint density at radius 2 is 1.88 bits per heavy atom. The topological polar surface area (TPSA) is 70.9 Å². The van der Waals surface area contributed by atoms with Gasteiger partial charge in [0.2, 0.25) is 5.95 Å². The Bertz CT molecular complexity index is 1060. The van der Waals surface area contributed by atoms with Gasteiger partial charge in [0.25, 0.3) is 0 Å². The van der Waals surface area contributed by atoms with Crippen molar-refractivity contribution < 1.29 is 5.11 Å². The van der Waals surface area contributed by atoms with Crippen LogP contribution in [0.15, 0.2) is 54.7 Å². The van der Waals surface area contributed by atoms with Gasteiger partial charge in [-0.2, -0.15) is 0 Å². The van der Waals surface area contributed by atoms with Crippen molar-refractivity contribution in [2.45, 2.75) is 6.92 Å². The Morgan fingerprint density at radius 1 is 1.04 bits per heavy atom. The molecular weight excluding hydrogens is 344 g/mol. The van der Waals surface area contributed by atoms with Crippen LogP contribution in [-0.4, -0.2) is 33.2 Å². The molecule has 0 atom stereocenters. The number of aliphatic hydroxyl groups excluding tert-OH is 1. The molecule has 0 bridgehead atoms. The third kappa shape index (κ3) is 3.29. The summed E-state index contributed by atoms with van der Waals surface area (Å²) >= 11 is 1.63. The maximum absolute atomic E-state index is 8.94. The van der Waals surface area contributed by atoms with Crippen LogP contribution in [0.1, 0.15) is 5.69 Å². The molecule has 0 radical (unpaired) electrons. The number of fused-ring (bicyclic) bond motifs is 1. The highest BCUT2D eigenvalue weighted by Crippen LogP contribution is 2.35. The number of aryl methyl sites for hydroxylation is 1. The number of nitrogens with zero attached hydrogens (tertiary/aromatic N) is 3. The van der Waals surface area contributed by atoms with Gasteiger partial charge in [0, 0.05) is 18.3 Å². The lowest BCUT2D eigenvalue weighted by molar-refractivity contribution is 0.311. The highest BCUT2D eigenvalue weighted by atomic mass is 32.1. The molecule has 0 amide bonds. The van der Waals surface area contributed by atoms with E-state index in [2.05, 4.69) is 45.6 Å². The van der Waals surface area contributed by atoms with Gasteiger partial charge < -0.3 is 10.4 Å². The van der Waals surface area contributed by atoms with Gasteiger partial charge in [-0.3, -0.25) is 0 Å². The van der Waals surface area contributed by atoms with Crippen LogP contribution >= 0.6 is 11.3 Å². The number of aromatic nitrogens is 3. The van der Waals surface area contributed by atoms with E-state index in [1.54, 1.807) is 17.5 Å². The van der Waals surface area contributed by atoms with E-state index in [1.165, 1.54) is 10.8 Å². The van der Waals surface area contributed by atoms with Crippen molar-refractivity contribution in [2.24, 2.45) is 0 Å². The van der Waals surface area contributed by atoms with Gasteiger partial charge in [0.1, 0.15) is 5.01 Å². The molecule has 5 nitrogen and oxygen atoms in total. The monoisotopic (exact) mass is 362 g/mol. The average Bonchev–Trinajstić information content (AvgIpc) is 3.08. The lowest BCUT2D eigenvalue weighted by atomic mass is 10.1. The second-order valence-corrected chi connectivity index (χ2v) is 6.91. The number of thiazole rings is 1. The summed E-state index contributed by atoms with van der Waals surface area (Å²) in [5, 5.41) is 15.3. The minimum atomic E-state index is 0.0410. The normalized spacial score (nSPS) is 11.0. The van der Waals surface area contributed by atoms with Gasteiger partial charge in [0.05, 0.1) is 22.9 Å². The molecule has 0 aliphatic rings. The Kier molecular flexibility index (Phi) is 4.60. The Morgan fingerprint density at radius 3 is 2.73 bits per heavy atom. The lowest BCUT2D eigenvalue weighted by Crippen LogP contribution is -2.08. The van der Waals surface area contributed by atoms with Crippen molar-refractivity contribution in [1.29, 1.82) is 0 Å². The molecule has 2 aromatic heterocycles. The molecule has 0 unspecified atom stereocenters. The molecule has 0 spiro atoms. The summed E-state index contributed by atoms with van der Waals surface area (Å²) in [6.45, 7) is 2.46. The minimum absolute atomic E-state index is 0.0410. The Labute approximate surface area is 155 Å². The fourth-order valence-electron chi connectivity index (χ4n) is 2.82. The number of hydrogen-bond acceptors (Lipinski definition) is 6. The first-order valence-electron chi connectivity index (χ1n) is 8.39. The molecule has 0 fully saturated rings. The highest BCUT2D eigenvalue weighted by Gasteiger charge is 2.13. The average molecular weight is 362 g/mol. The van der Waals surface area contributed by atoms with E-state index in [0.717, 1.165) is 26.8 Å². The largest absolute Gasteiger partial charge is 0.395 e. The minimum Gasteiger partial charge on any atom is -0.395 e. The van der Waals surface area contributed by atoms with Crippen molar-refractivity contribution in [3.05, 3.63) is 60.4 Å². The number of aliphatic hydroxyl groups is 1. The van der Waals surface area contributed by atoms with E-state index >= 15 is 0 Å². The van der Waals surface area contributed by atoms with E-state index in [1.807, 2.05) is 25.1 Å². The van der Waals surface area contributed by atoms with Crippen LogP contribution in [-0.2, 0) is 0 Å². The smallest absolute Gasteiger partial charge is 0.223 e. The zero-order chi connectivity index (χ0) is 17.9. The summed E-state index contributed by atoms with van der Waals surface area (Å²) in [6.07, 6.45) is 1.72. The van der Waals surface area contributed by atoms with Crippen molar-refractivity contribution in [2.75, 3.05) is 18.5 Å². The van der Waals surface area contributed by atoms with Crippen LogP contribution in [0.2, 0.25) is 0 Å². The van der Waals surface area contributed by atoms with Crippen LogP contribution in [0.25, 0.3) is 31.9 Å². The molecule has 0 saturated carbocycles. The number of anilines is 1. The van der Waals surface area contributed by atoms with Gasteiger partial charge in [0.15, 0.2) is 0 Å². The fourth-order valence-corrected chi connectivity index (χ4v) is 3.85. The molecular formula is C20H18N4OS. The fraction of sp³-hybridized carbons (Fsp3) is 0.150. The van der Waals surface area contributed by atoms with Crippen LogP contribution < -0.4 is 5.32 Å². The van der Waals surface area contributed by atoms with Crippen LogP contribution in [0, 0.1) is 6.92 Å². The molecule has 0 aliphatic heterocycles. The van der Waals surface area contributed by atoms with E-state index in [4.69, 9.17) is 10.1 Å². The van der Waals surface area contributed by atoms with Gasteiger partial charge in [-0.15, -0.1) is 11.3 Å². The predicted octanol–water partition coefficient (Wildman–Crippen LogP) is 4.13. The van der Waals surface area contributed by atoms with Crippen LogP contribution in [0.3, 0.4) is 0 Å². The van der Waals surface area contributed by atoms with Crippen molar-refractivity contribution in [1.82, 2.24) is 15.0 Å². The first-order valence-corrected chi connectivity index (χ1v) is 9.21. The summed E-state index contributed by atoms with van der Waals surface area (Å²) in [7, 11) is 0. The quantitative estimate of drug-likeness (QED) is 0.558. The van der Waals surface area contributed by atoms with E-state index in [-0.39, 0.29) is 6.61 Å². The van der Waals surface area contributed by atoms with Gasteiger partial charge >= 0.3 is 0 Å². The maximum Gasteiger partial charge on any atom is 0.223 e. The maximum atomic E-state index is 8.94. The molecule has 4 rings (SSSR count). The summed E-state index contributed by atoms with van der Waals surface area (Å²) in [5.41, 5.74) is 2.89. The number of benzene rings is 2. The highest BCUT2D eigenvalue weighted by molar-refractivity contribution is 7.18. The molecule has 0 aliphatic carbocycles. The molecule has 2 N–H and O–H groups in total. The summed E-state index contributed by atoms with van der Waals surface area (Å²) in [4.78, 5) is 14.5. The molecule has 6 heteroatoms. The molecule has 2 aromatic carbocycles. The number of hydrogen-bond donors (Lipinski definition) is 2. The molecule has 2 heterocycles. The third-order valence-corrected chi connectivity index (χ3v) is 5.31. The van der Waals surface area contributed by atoms with Gasteiger partial charge in [-0.1, -0.05) is 36.4 Å². The standard InChI is InChI=1S/C20H18N4OS/c1-13-18(17-8-9-21-20(24-17)22-10-11-25)26-19(23-13)16-7-6-14-4-2-3-5-15(14)12-16/h2-9,12,25H,10-11H2,1H3,(H,21,22,24). The number of rotatable bonds is 5. The summed E-state index contributed by atoms with van der Waals surface area (Å²) in [5.74, 6) is 0.511. The summed E-state index contributed by atoms with van der Waals surface area (Å²) in [6, 6.07) is 16.6. The SMILES string of the molecule is Cc1nc(-c2ccc3ccccc3c2)sc1-c1ccnc(NCCO)n1. The number of nitrogens with one attached hydrogen (secondary N) is 1. The van der Waals surface area contributed by atoms with Gasteiger partial charge in [-0.25, -0.2) is 15.0 Å². The Balaban J connectivity index is 1.70. The lowest BCUT2D eigenvalue weighted by Gasteiger charge is -2.04. The van der Waals surface area contributed by atoms with Gasteiger partial charge in [-0.05, 0) is 29.8 Å². The zero-order valence-corrected chi connectivity index (χ0v) is 15.1. The molecule has 0 saturated heterocycles. The van der Waals surface area contributed by atoms with Crippen LogP contribution in [0.4, 0.5) is 5.95 Å². The molecule has 4 aromatic rings. The second kappa shape index (κ2) is 7.19. The molecule has 130 valence electrons. The Hall–Kier alpha value is -2.83. The van der Waals surface area contributed by atoms with E-state index in [9.17, 15) is 0 Å². The molecule has 26 heavy (non-hydrogen) atoms. The predicted molar refractivity (Wildman–Crippen MR) is 106 cm³/mol. The zero-order valence-electron chi connectivity index (χ0n) is 14.3. The van der Waals surface area contributed by atoms with E-state index < -0.39 is 0 Å². The van der Waals surface area contributed by atoms with Crippen molar-refractivity contribution in [3.8, 4) is 21.1 Å². The van der Waals surface area contributed by atoms with Crippen molar-refractivity contribution in [3.63, 3.8) is 0 Å². The summed E-state index contributed by atoms with van der Waals surface area (Å²) < 4.78 is 0. The van der Waals surface area contributed by atoms with Crippen molar-refractivity contribution >= 4 is 28.1 Å². The first kappa shape index (κ1) is 16.6. The second-order valence-electron chi connectivity index (χ2n) is 5.91.